The molecule has 0 amide bonds. The molecular weight excluding hydrogens is 447 g/mol. The first-order chi connectivity index (χ1) is 16.1. The van der Waals surface area contributed by atoms with Crippen LogP contribution in [0.5, 0.6) is 11.5 Å². The average Bonchev–Trinajstić information content (AvgIpc) is 2.78. The number of hydrogen-bond donors (Lipinski definition) is 2. The minimum Gasteiger partial charge on any atom is -0.508 e. The third-order valence-electron chi connectivity index (χ3n) is 6.03. The molecule has 0 radical (unpaired) electrons. The van der Waals surface area contributed by atoms with Crippen LogP contribution in [-0.4, -0.2) is 29.1 Å². The fourth-order valence-corrected chi connectivity index (χ4v) is 4.48. The van der Waals surface area contributed by atoms with Crippen molar-refractivity contribution in [2.45, 2.75) is 25.2 Å². The number of fused-ring (bicyclic) bond motifs is 1. The zero-order chi connectivity index (χ0) is 24.5. The van der Waals surface area contributed by atoms with E-state index >= 15 is 0 Å². The number of carboxylic acids is 1. The number of alkyl halides is 3. The van der Waals surface area contributed by atoms with Crippen LogP contribution in [-0.2, 0) is 16.8 Å². The van der Waals surface area contributed by atoms with Gasteiger partial charge in [0.1, 0.15) is 11.5 Å². The van der Waals surface area contributed by atoms with Crippen molar-refractivity contribution >= 4 is 17.7 Å². The molecule has 3 aromatic rings. The molecule has 0 bridgehead atoms. The zero-order valence-electron chi connectivity index (χ0n) is 18.2. The first-order valence-corrected chi connectivity index (χ1v) is 10.5. The van der Waals surface area contributed by atoms with E-state index < -0.39 is 17.9 Å². The maximum Gasteiger partial charge on any atom is 0.573 e. The summed E-state index contributed by atoms with van der Waals surface area (Å²) in [5.41, 5.74) is 3.57. The number of carbonyl (C=O) groups is 1. The highest BCUT2D eigenvalue weighted by Gasteiger charge is 2.40. The van der Waals surface area contributed by atoms with Gasteiger partial charge in [0.15, 0.2) is 0 Å². The van der Waals surface area contributed by atoms with Crippen LogP contribution in [0.3, 0.4) is 0 Å². The Morgan fingerprint density at radius 2 is 1.74 bits per heavy atom. The van der Waals surface area contributed by atoms with Gasteiger partial charge in [0.05, 0.1) is 5.54 Å². The minimum absolute atomic E-state index is 0.164. The Labute approximate surface area is 194 Å². The highest BCUT2D eigenvalue weighted by Crippen LogP contribution is 2.44. The van der Waals surface area contributed by atoms with Gasteiger partial charge in [0, 0.05) is 18.3 Å². The number of hydrogen-bond acceptors (Lipinski definition) is 4. The number of aliphatic carboxylic acids is 1. The van der Waals surface area contributed by atoms with Crippen molar-refractivity contribution in [1.82, 2.24) is 0 Å². The number of halogens is 3. The van der Waals surface area contributed by atoms with Gasteiger partial charge in [-0.15, -0.1) is 13.2 Å². The summed E-state index contributed by atoms with van der Waals surface area (Å²) in [6, 6.07) is 18.4. The molecule has 34 heavy (non-hydrogen) atoms. The van der Waals surface area contributed by atoms with Crippen LogP contribution < -0.4 is 9.64 Å². The maximum atomic E-state index is 12.6. The SMILES string of the molecule is CC1(c2ccc(/C=C/C(=O)O)cc2)c2ccc(O)cc2CCN1c1ccc(OC(F)(F)F)cc1. The number of nitrogens with zero attached hydrogens (tertiary/aromatic N) is 1. The summed E-state index contributed by atoms with van der Waals surface area (Å²) >= 11 is 0. The lowest BCUT2D eigenvalue weighted by molar-refractivity contribution is -0.274. The number of ether oxygens (including phenoxy) is 1. The van der Waals surface area contributed by atoms with E-state index in [0.29, 0.717) is 18.7 Å². The molecule has 1 unspecified atom stereocenters. The lowest BCUT2D eigenvalue weighted by Gasteiger charge is -2.48. The molecular formula is C26H22F3NO4. The Hall–Kier alpha value is -3.94. The van der Waals surface area contributed by atoms with Gasteiger partial charge in [0.25, 0.3) is 0 Å². The second-order valence-electron chi connectivity index (χ2n) is 8.15. The van der Waals surface area contributed by atoms with Crippen molar-refractivity contribution in [2.75, 3.05) is 11.4 Å². The summed E-state index contributed by atoms with van der Waals surface area (Å²) < 4.78 is 41.7. The molecule has 8 heteroatoms. The molecule has 5 nitrogen and oxygen atoms in total. The van der Waals surface area contributed by atoms with Gasteiger partial charge in [-0.05, 0) is 78.1 Å². The van der Waals surface area contributed by atoms with Crippen LogP contribution in [0.2, 0.25) is 0 Å². The molecule has 0 fully saturated rings. The number of rotatable bonds is 5. The van der Waals surface area contributed by atoms with Gasteiger partial charge in [0.2, 0.25) is 0 Å². The molecule has 0 spiro atoms. The maximum absolute atomic E-state index is 12.6. The molecule has 2 N–H and O–H groups in total. The van der Waals surface area contributed by atoms with Crippen molar-refractivity contribution in [3.8, 4) is 11.5 Å². The second kappa shape index (κ2) is 8.78. The summed E-state index contributed by atoms with van der Waals surface area (Å²) in [5, 5.41) is 18.9. The Kier molecular flexibility index (Phi) is 6.00. The fraction of sp³-hybridized carbons (Fsp3) is 0.192. The lowest BCUT2D eigenvalue weighted by atomic mass is 9.76. The largest absolute Gasteiger partial charge is 0.573 e. The first-order valence-electron chi connectivity index (χ1n) is 10.5. The van der Waals surface area contributed by atoms with E-state index in [1.54, 1.807) is 24.3 Å². The molecule has 1 aliphatic heterocycles. The summed E-state index contributed by atoms with van der Waals surface area (Å²) in [5.74, 6) is -1.17. The third kappa shape index (κ3) is 4.71. The topological polar surface area (TPSA) is 70.0 Å². The minimum atomic E-state index is -4.76. The van der Waals surface area contributed by atoms with E-state index in [1.807, 2.05) is 37.3 Å². The number of carboxylic acid groups (broad SMARTS) is 1. The monoisotopic (exact) mass is 469 g/mol. The molecule has 0 aliphatic carbocycles. The van der Waals surface area contributed by atoms with Crippen LogP contribution in [0, 0.1) is 0 Å². The van der Waals surface area contributed by atoms with Crippen LogP contribution in [0.15, 0.2) is 72.8 Å². The summed E-state index contributed by atoms with van der Waals surface area (Å²) in [7, 11) is 0. The van der Waals surface area contributed by atoms with E-state index in [2.05, 4.69) is 9.64 Å². The molecule has 1 atom stereocenters. The molecule has 176 valence electrons. The number of phenols is 1. The Bertz CT molecular complexity index is 1220. The summed E-state index contributed by atoms with van der Waals surface area (Å²) in [6.07, 6.45) is -1.57. The number of anilines is 1. The number of aromatic hydroxyl groups is 1. The van der Waals surface area contributed by atoms with Crippen LogP contribution in [0.4, 0.5) is 18.9 Å². The zero-order valence-corrected chi connectivity index (χ0v) is 18.2. The van der Waals surface area contributed by atoms with E-state index in [9.17, 15) is 23.1 Å². The van der Waals surface area contributed by atoms with E-state index in [4.69, 9.17) is 5.11 Å². The van der Waals surface area contributed by atoms with Crippen molar-refractivity contribution in [3.05, 3.63) is 95.1 Å². The van der Waals surface area contributed by atoms with E-state index in [0.717, 1.165) is 28.3 Å². The first kappa shape index (κ1) is 23.2. The second-order valence-corrected chi connectivity index (χ2v) is 8.15. The number of phenolic OH excluding ortho intramolecular Hbond substituents is 1. The predicted octanol–water partition coefficient (Wildman–Crippen LogP) is 5.71. The van der Waals surface area contributed by atoms with Gasteiger partial charge in [-0.3, -0.25) is 0 Å². The molecule has 3 aromatic carbocycles. The fourth-order valence-electron chi connectivity index (χ4n) is 4.48. The van der Waals surface area contributed by atoms with E-state index in [1.165, 1.54) is 18.2 Å². The Balaban J connectivity index is 1.77. The van der Waals surface area contributed by atoms with Gasteiger partial charge in [-0.2, -0.15) is 0 Å². The third-order valence-corrected chi connectivity index (χ3v) is 6.03. The van der Waals surface area contributed by atoms with Gasteiger partial charge < -0.3 is 19.8 Å². The molecule has 0 saturated heterocycles. The van der Waals surface area contributed by atoms with Crippen molar-refractivity contribution in [1.29, 1.82) is 0 Å². The van der Waals surface area contributed by atoms with Gasteiger partial charge in [-0.1, -0.05) is 30.3 Å². The quantitative estimate of drug-likeness (QED) is 0.468. The Morgan fingerprint density at radius 3 is 2.35 bits per heavy atom. The summed E-state index contributed by atoms with van der Waals surface area (Å²) in [4.78, 5) is 12.9. The smallest absolute Gasteiger partial charge is 0.508 e. The Morgan fingerprint density at radius 1 is 1.06 bits per heavy atom. The average molecular weight is 469 g/mol. The summed E-state index contributed by atoms with van der Waals surface area (Å²) in [6.45, 7) is 2.58. The normalized spacial score (nSPS) is 18.1. The van der Waals surface area contributed by atoms with Crippen LogP contribution in [0.1, 0.15) is 29.2 Å². The van der Waals surface area contributed by atoms with Crippen molar-refractivity contribution in [3.63, 3.8) is 0 Å². The molecule has 0 aromatic heterocycles. The van der Waals surface area contributed by atoms with Gasteiger partial charge >= 0.3 is 12.3 Å². The van der Waals surface area contributed by atoms with Crippen LogP contribution >= 0.6 is 0 Å². The standard InChI is InChI=1S/C26H22F3NO4/c1-25(19-5-2-17(3-6-19)4-13-24(32)33)23-12-9-21(31)16-18(23)14-15-30(25)20-7-10-22(11-8-20)34-26(27,28)29/h2-13,16,31H,14-15H2,1H3,(H,32,33)/b13-4+. The molecule has 1 aliphatic rings. The van der Waals surface area contributed by atoms with Crippen LogP contribution in [0.25, 0.3) is 6.08 Å². The molecule has 1 heterocycles. The van der Waals surface area contributed by atoms with Gasteiger partial charge in [-0.25, -0.2) is 4.79 Å². The molecule has 4 rings (SSSR count). The number of benzene rings is 3. The molecule has 0 saturated carbocycles. The van der Waals surface area contributed by atoms with Crippen molar-refractivity contribution in [2.24, 2.45) is 0 Å². The highest BCUT2D eigenvalue weighted by atomic mass is 19.4. The van der Waals surface area contributed by atoms with Crippen molar-refractivity contribution < 1.29 is 32.9 Å². The highest BCUT2D eigenvalue weighted by molar-refractivity contribution is 5.85. The lowest BCUT2D eigenvalue weighted by Crippen LogP contribution is -2.49. The predicted molar refractivity (Wildman–Crippen MR) is 122 cm³/mol. The van der Waals surface area contributed by atoms with E-state index in [-0.39, 0.29) is 11.5 Å².